The number of rotatable bonds is 4. The molecule has 0 N–H and O–H groups in total. The van der Waals surface area contributed by atoms with Crippen LogP contribution in [0.5, 0.6) is 0 Å². The maximum absolute atomic E-state index is 13.4. The topological polar surface area (TPSA) is 56.5 Å². The smallest absolute Gasteiger partial charge is 0.179 e. The molecule has 0 aliphatic heterocycles. The first kappa shape index (κ1) is 15.7. The minimum absolute atomic E-state index is 0.313. The Balaban J connectivity index is 1.58. The third-order valence-corrected chi connectivity index (χ3v) is 4.14. The predicted octanol–water partition coefficient (Wildman–Crippen LogP) is 3.65. The lowest BCUT2D eigenvalue weighted by atomic mass is 10.1. The van der Waals surface area contributed by atoms with Crippen molar-refractivity contribution in [3.05, 3.63) is 82.5 Å². The van der Waals surface area contributed by atoms with Gasteiger partial charge in [-0.05, 0) is 35.0 Å². The van der Waals surface area contributed by atoms with E-state index in [1.165, 1.54) is 16.9 Å². The molecule has 0 fully saturated rings. The third-order valence-electron chi connectivity index (χ3n) is 3.81. The van der Waals surface area contributed by atoms with Crippen LogP contribution in [0.25, 0.3) is 10.9 Å². The summed E-state index contributed by atoms with van der Waals surface area (Å²) in [4.78, 5) is 5.76. The van der Waals surface area contributed by atoms with Gasteiger partial charge >= 0.3 is 0 Å². The van der Waals surface area contributed by atoms with Crippen molar-refractivity contribution >= 4 is 22.5 Å². The number of fused-ring (bicyclic) bond motifs is 1. The van der Waals surface area contributed by atoms with Gasteiger partial charge < -0.3 is 0 Å². The van der Waals surface area contributed by atoms with Crippen molar-refractivity contribution in [3.8, 4) is 0 Å². The number of nitrogens with zero attached hydrogens (tertiary/aromatic N) is 5. The second kappa shape index (κ2) is 6.57. The van der Waals surface area contributed by atoms with E-state index in [1.807, 2.05) is 30.3 Å². The second-order valence-electron chi connectivity index (χ2n) is 5.67. The zero-order valence-electron chi connectivity index (χ0n) is 13.1. The van der Waals surface area contributed by atoms with Crippen LogP contribution in [0.1, 0.15) is 17.0 Å². The van der Waals surface area contributed by atoms with E-state index >= 15 is 0 Å². The molecule has 0 unspecified atom stereocenters. The Morgan fingerprint density at radius 2 is 1.88 bits per heavy atom. The highest BCUT2D eigenvalue weighted by atomic mass is 35.5. The van der Waals surface area contributed by atoms with Crippen molar-refractivity contribution < 1.29 is 4.39 Å². The highest BCUT2D eigenvalue weighted by Gasteiger charge is 2.10. The lowest BCUT2D eigenvalue weighted by molar-refractivity contribution is 0.570. The number of pyridine rings is 1. The maximum Gasteiger partial charge on any atom is 0.179 e. The summed E-state index contributed by atoms with van der Waals surface area (Å²) in [5, 5.41) is 13.5. The quantitative estimate of drug-likeness (QED) is 0.525. The number of hydrogen-bond donors (Lipinski definition) is 0. The van der Waals surface area contributed by atoms with E-state index in [0.29, 0.717) is 40.4 Å². The van der Waals surface area contributed by atoms with E-state index in [0.717, 1.165) is 5.56 Å². The van der Waals surface area contributed by atoms with E-state index in [9.17, 15) is 4.39 Å². The Kier molecular flexibility index (Phi) is 4.11. The molecular formula is C18H13ClFN5. The molecule has 0 saturated carbocycles. The van der Waals surface area contributed by atoms with E-state index < -0.39 is 0 Å². The van der Waals surface area contributed by atoms with Crippen LogP contribution in [0.2, 0.25) is 5.15 Å². The first-order valence-corrected chi connectivity index (χ1v) is 8.10. The van der Waals surface area contributed by atoms with Gasteiger partial charge in [-0.25, -0.2) is 9.37 Å². The fraction of sp³-hybridized carbons (Fsp3) is 0.111. The van der Waals surface area contributed by atoms with Gasteiger partial charge in [-0.3, -0.25) is 0 Å². The summed E-state index contributed by atoms with van der Waals surface area (Å²) in [6, 6.07) is 16.1. The van der Waals surface area contributed by atoms with Gasteiger partial charge in [0.2, 0.25) is 0 Å². The Morgan fingerprint density at radius 3 is 2.72 bits per heavy atom. The molecule has 0 aliphatic carbocycles. The molecule has 0 radical (unpaired) electrons. The van der Waals surface area contributed by atoms with E-state index in [1.54, 1.807) is 12.1 Å². The summed E-state index contributed by atoms with van der Waals surface area (Å²) in [5.41, 5.74) is 2.47. The second-order valence-corrected chi connectivity index (χ2v) is 6.03. The molecule has 4 aromatic rings. The van der Waals surface area contributed by atoms with Crippen LogP contribution in [-0.4, -0.2) is 25.2 Å². The Bertz CT molecular complexity index is 1030. The van der Waals surface area contributed by atoms with Gasteiger partial charge in [0, 0.05) is 17.4 Å². The fourth-order valence-corrected chi connectivity index (χ4v) is 2.83. The summed E-state index contributed by atoms with van der Waals surface area (Å²) < 4.78 is 13.4. The van der Waals surface area contributed by atoms with Crippen LogP contribution < -0.4 is 0 Å². The Labute approximate surface area is 148 Å². The highest BCUT2D eigenvalue weighted by Crippen LogP contribution is 2.22. The summed E-state index contributed by atoms with van der Waals surface area (Å²) in [6.07, 6.45) is 0.607. The molecule has 0 amide bonds. The minimum atomic E-state index is -0.313. The average Bonchev–Trinajstić information content (AvgIpc) is 3.04. The number of tetrazole rings is 1. The summed E-state index contributed by atoms with van der Waals surface area (Å²) in [5.74, 6) is 0.314. The van der Waals surface area contributed by atoms with Crippen LogP contribution in [0, 0.1) is 5.82 Å². The molecule has 2 aromatic heterocycles. The summed E-state index contributed by atoms with van der Waals surface area (Å²) in [7, 11) is 0. The lowest BCUT2D eigenvalue weighted by Crippen LogP contribution is -2.06. The molecular weight excluding hydrogens is 341 g/mol. The normalized spacial score (nSPS) is 11.1. The summed E-state index contributed by atoms with van der Waals surface area (Å²) >= 11 is 6.24. The average molecular weight is 354 g/mol. The van der Waals surface area contributed by atoms with Crippen LogP contribution in [0.3, 0.4) is 0 Å². The van der Waals surface area contributed by atoms with Crippen LogP contribution in [0.15, 0.2) is 54.6 Å². The molecule has 0 atom stereocenters. The van der Waals surface area contributed by atoms with Gasteiger partial charge in [0.05, 0.1) is 12.1 Å². The molecule has 7 heteroatoms. The largest absolute Gasteiger partial charge is 0.236 e. The Morgan fingerprint density at radius 1 is 1.04 bits per heavy atom. The molecule has 25 heavy (non-hydrogen) atoms. The van der Waals surface area contributed by atoms with E-state index in [4.69, 9.17) is 11.6 Å². The standard InChI is InChI=1S/C18H13ClFN5/c19-18-14(9-13-10-15(20)6-7-16(13)21-18)11-25-23-17(22-24-25)8-12-4-2-1-3-5-12/h1-7,9-10H,8,11H2. The highest BCUT2D eigenvalue weighted by molar-refractivity contribution is 6.30. The van der Waals surface area contributed by atoms with Crippen LogP contribution in [-0.2, 0) is 13.0 Å². The van der Waals surface area contributed by atoms with E-state index in [2.05, 4.69) is 20.4 Å². The van der Waals surface area contributed by atoms with Crippen molar-refractivity contribution in [3.63, 3.8) is 0 Å². The van der Waals surface area contributed by atoms with Gasteiger partial charge in [-0.15, -0.1) is 10.2 Å². The number of hydrogen-bond acceptors (Lipinski definition) is 4. The first-order valence-electron chi connectivity index (χ1n) is 7.73. The first-order chi connectivity index (χ1) is 12.2. The molecule has 0 spiro atoms. The monoisotopic (exact) mass is 353 g/mol. The molecule has 0 saturated heterocycles. The van der Waals surface area contributed by atoms with Crippen molar-refractivity contribution in [1.29, 1.82) is 0 Å². The van der Waals surface area contributed by atoms with Gasteiger partial charge in [0.1, 0.15) is 11.0 Å². The lowest BCUT2D eigenvalue weighted by Gasteiger charge is -2.05. The number of halogens is 2. The third kappa shape index (κ3) is 3.49. The molecule has 4 rings (SSSR count). The summed E-state index contributed by atoms with van der Waals surface area (Å²) in [6.45, 7) is 0.320. The van der Waals surface area contributed by atoms with Crippen molar-refractivity contribution in [2.24, 2.45) is 0 Å². The predicted molar refractivity (Wildman–Crippen MR) is 92.9 cm³/mol. The van der Waals surface area contributed by atoms with Gasteiger partial charge in [-0.1, -0.05) is 41.9 Å². The number of aromatic nitrogens is 5. The molecule has 5 nitrogen and oxygen atoms in total. The van der Waals surface area contributed by atoms with E-state index in [-0.39, 0.29) is 5.82 Å². The molecule has 2 heterocycles. The van der Waals surface area contributed by atoms with Crippen molar-refractivity contribution in [2.45, 2.75) is 13.0 Å². The minimum Gasteiger partial charge on any atom is -0.236 e. The van der Waals surface area contributed by atoms with Crippen LogP contribution >= 0.6 is 11.6 Å². The fourth-order valence-electron chi connectivity index (χ4n) is 2.62. The Hall–Kier alpha value is -2.86. The molecule has 124 valence electrons. The van der Waals surface area contributed by atoms with Gasteiger partial charge in [0.25, 0.3) is 0 Å². The molecule has 0 bridgehead atoms. The number of benzene rings is 2. The SMILES string of the molecule is Fc1ccc2nc(Cl)c(Cn3nnc(Cc4ccccc4)n3)cc2c1. The maximum atomic E-state index is 13.4. The molecule has 2 aromatic carbocycles. The zero-order chi connectivity index (χ0) is 17.2. The van der Waals surface area contributed by atoms with Crippen LogP contribution in [0.4, 0.5) is 4.39 Å². The van der Waals surface area contributed by atoms with Gasteiger partial charge in [-0.2, -0.15) is 4.80 Å². The van der Waals surface area contributed by atoms with Crippen molar-refractivity contribution in [2.75, 3.05) is 0 Å². The zero-order valence-corrected chi connectivity index (χ0v) is 13.9. The molecule has 0 aliphatic rings. The van der Waals surface area contributed by atoms with Crippen molar-refractivity contribution in [1.82, 2.24) is 25.2 Å². The van der Waals surface area contributed by atoms with Gasteiger partial charge in [0.15, 0.2) is 5.82 Å².